The standard InChI is InChI=1S/C44H57FN10O5/c1-4-53(38-22-35(48-27-49-38)41(47)32-21-29(7-9-34(32)46)60-44(2)13-14-44)18-15-51(3)23-28-5-6-30(59-26-28)24-52-16-19-54(20-17-52)36-10-8-31-33(40(36)45)25-55(43(31)58)37-11-12-39(56)50-42(37)57/h7-10,21-22,27-28,30,37,47H,4-6,11-20,23-26,46H2,1-3H3,(H,50,56,57)/t28-,30-,37?/m1/s1. The summed E-state index contributed by atoms with van der Waals surface area (Å²) in [6.45, 7) is 12.0. The predicted octanol–water partition coefficient (Wildman–Crippen LogP) is 3.68. The highest BCUT2D eigenvalue weighted by Crippen LogP contribution is 2.40. The lowest BCUT2D eigenvalue weighted by molar-refractivity contribution is -0.136. The number of nitrogens with one attached hydrogen (secondary N) is 2. The van der Waals surface area contributed by atoms with Crippen LogP contribution >= 0.6 is 0 Å². The molecule has 60 heavy (non-hydrogen) atoms. The van der Waals surface area contributed by atoms with Gasteiger partial charge in [-0.1, -0.05) is 0 Å². The molecule has 4 fully saturated rings. The van der Waals surface area contributed by atoms with Crippen LogP contribution in [0.3, 0.4) is 0 Å². The normalized spacial score (nSPS) is 22.8. The number of nitrogen functional groups attached to an aromatic ring is 1. The van der Waals surface area contributed by atoms with Crippen LogP contribution < -0.4 is 25.6 Å². The summed E-state index contributed by atoms with van der Waals surface area (Å²) in [4.78, 5) is 56.6. The second kappa shape index (κ2) is 17.4. The largest absolute Gasteiger partial charge is 0.488 e. The molecule has 15 nitrogen and oxygen atoms in total. The van der Waals surface area contributed by atoms with E-state index >= 15 is 4.39 Å². The van der Waals surface area contributed by atoms with Gasteiger partial charge in [-0.2, -0.15) is 0 Å². The van der Waals surface area contributed by atoms with Crippen LogP contribution in [-0.4, -0.2) is 138 Å². The molecule has 0 bridgehead atoms. The minimum absolute atomic E-state index is 0.0211. The van der Waals surface area contributed by atoms with Crippen molar-refractivity contribution in [3.05, 3.63) is 70.9 Å². The Morgan fingerprint density at radius 1 is 1.07 bits per heavy atom. The second-order valence-electron chi connectivity index (χ2n) is 17.3. The van der Waals surface area contributed by atoms with Crippen molar-refractivity contribution in [2.75, 3.05) is 88.1 Å². The molecule has 0 radical (unpaired) electrons. The Kier molecular flexibility index (Phi) is 12.1. The maximum absolute atomic E-state index is 15.9. The number of aromatic nitrogens is 2. The molecule has 5 heterocycles. The highest BCUT2D eigenvalue weighted by Gasteiger charge is 2.42. The maximum Gasteiger partial charge on any atom is 0.255 e. The van der Waals surface area contributed by atoms with Gasteiger partial charge >= 0.3 is 0 Å². The monoisotopic (exact) mass is 824 g/mol. The van der Waals surface area contributed by atoms with Crippen molar-refractivity contribution in [2.45, 2.75) is 76.7 Å². The van der Waals surface area contributed by atoms with Gasteiger partial charge in [-0.3, -0.25) is 30.0 Å². The number of nitrogens with two attached hydrogens (primary N) is 1. The topological polar surface area (TPSA) is 174 Å². The first kappa shape index (κ1) is 41.5. The third-order valence-electron chi connectivity index (χ3n) is 12.8. The van der Waals surface area contributed by atoms with Crippen LogP contribution in [0.25, 0.3) is 0 Å². The minimum atomic E-state index is -0.772. The van der Waals surface area contributed by atoms with Gasteiger partial charge in [0, 0.05) is 93.8 Å². The van der Waals surface area contributed by atoms with Crippen molar-refractivity contribution < 1.29 is 28.2 Å². The zero-order valence-electron chi connectivity index (χ0n) is 34.9. The van der Waals surface area contributed by atoms with Crippen molar-refractivity contribution in [3.8, 4) is 5.75 Å². The van der Waals surface area contributed by atoms with E-state index in [1.165, 1.54) is 11.2 Å². The third-order valence-corrected chi connectivity index (χ3v) is 12.8. The fourth-order valence-electron chi connectivity index (χ4n) is 8.87. The summed E-state index contributed by atoms with van der Waals surface area (Å²) in [5.41, 5.74) is 9.11. The third kappa shape index (κ3) is 9.10. The number of carbonyl (C=O) groups excluding carboxylic acids is 3. The van der Waals surface area contributed by atoms with E-state index in [1.54, 1.807) is 18.2 Å². The number of halogens is 1. The fourth-order valence-corrected chi connectivity index (χ4v) is 8.87. The molecular formula is C44H57FN10O5. The SMILES string of the molecule is CCN(CCN(C)C[C@H]1CC[C@H](CN2CCN(c3ccc4c(c3F)CN(C3CCC(=O)NC3=O)C4=O)CC2)OC1)c1cc(C(=N)c2cc(OC3(C)CC3)ccc2N)ncn1. The number of piperidine rings is 1. The van der Waals surface area contributed by atoms with E-state index in [4.69, 9.17) is 20.6 Å². The molecular weight excluding hydrogens is 768 g/mol. The van der Waals surface area contributed by atoms with Crippen LogP contribution in [0.4, 0.5) is 21.6 Å². The van der Waals surface area contributed by atoms with Gasteiger partial charge in [0.1, 0.15) is 29.5 Å². The Morgan fingerprint density at radius 2 is 1.87 bits per heavy atom. The number of benzene rings is 2. The van der Waals surface area contributed by atoms with Crippen LogP contribution in [0.2, 0.25) is 0 Å². The quantitative estimate of drug-likeness (QED) is 0.116. The van der Waals surface area contributed by atoms with Crippen LogP contribution in [0.1, 0.15) is 79.6 Å². The van der Waals surface area contributed by atoms with Gasteiger partial charge < -0.3 is 34.8 Å². The lowest BCUT2D eigenvalue weighted by atomic mass is 9.97. The first-order valence-corrected chi connectivity index (χ1v) is 21.4. The molecule has 4 aliphatic heterocycles. The Morgan fingerprint density at radius 3 is 2.58 bits per heavy atom. The van der Waals surface area contributed by atoms with Crippen molar-refractivity contribution in [1.82, 2.24) is 30.0 Å². The van der Waals surface area contributed by atoms with Crippen LogP contribution in [0.5, 0.6) is 5.75 Å². The van der Waals surface area contributed by atoms with Gasteiger partial charge in [-0.25, -0.2) is 14.4 Å². The molecule has 4 N–H and O–H groups in total. The Labute approximate surface area is 350 Å². The Hall–Kier alpha value is -5.19. The smallest absolute Gasteiger partial charge is 0.255 e. The molecule has 0 spiro atoms. The van der Waals surface area contributed by atoms with Gasteiger partial charge in [-0.15, -0.1) is 0 Å². The molecule has 1 unspecified atom stereocenters. The minimum Gasteiger partial charge on any atom is -0.488 e. The highest BCUT2D eigenvalue weighted by atomic mass is 19.1. The van der Waals surface area contributed by atoms with Gasteiger partial charge in [0.15, 0.2) is 5.82 Å². The predicted molar refractivity (Wildman–Crippen MR) is 226 cm³/mol. The van der Waals surface area contributed by atoms with Gasteiger partial charge in [0.25, 0.3) is 5.91 Å². The number of fused-ring (bicyclic) bond motifs is 1. The average Bonchev–Trinajstić information content (AvgIpc) is 3.88. The summed E-state index contributed by atoms with van der Waals surface area (Å²) >= 11 is 0. The fraction of sp³-hybridized carbons (Fsp3) is 0.545. The molecule has 320 valence electrons. The van der Waals surface area contributed by atoms with Crippen LogP contribution in [0.15, 0.2) is 42.7 Å². The zero-order chi connectivity index (χ0) is 42.1. The molecule has 1 aliphatic carbocycles. The van der Waals surface area contributed by atoms with E-state index in [1.807, 2.05) is 23.1 Å². The number of rotatable bonds is 15. The molecule has 16 heteroatoms. The van der Waals surface area contributed by atoms with Crippen molar-refractivity contribution in [1.29, 1.82) is 5.41 Å². The lowest BCUT2D eigenvalue weighted by Crippen LogP contribution is -2.52. The van der Waals surface area contributed by atoms with E-state index < -0.39 is 17.8 Å². The molecule has 3 saturated heterocycles. The number of anilines is 3. The highest BCUT2D eigenvalue weighted by molar-refractivity contribution is 6.13. The number of amides is 3. The summed E-state index contributed by atoms with van der Waals surface area (Å²) in [6.07, 6.45) is 6.20. The number of imide groups is 1. The van der Waals surface area contributed by atoms with Crippen molar-refractivity contribution in [3.63, 3.8) is 0 Å². The summed E-state index contributed by atoms with van der Waals surface area (Å²) in [6, 6.07) is 9.93. The number of piperazine rings is 1. The van der Waals surface area contributed by atoms with E-state index in [0.29, 0.717) is 59.6 Å². The molecule has 2 aromatic carbocycles. The number of hydrogen-bond donors (Lipinski definition) is 3. The number of likely N-dealkylation sites (N-methyl/N-ethyl adjacent to an activating group) is 2. The maximum atomic E-state index is 15.9. The van der Waals surface area contributed by atoms with E-state index in [9.17, 15) is 14.4 Å². The number of carbonyl (C=O) groups is 3. The van der Waals surface area contributed by atoms with Gasteiger partial charge in [0.05, 0.1) is 36.3 Å². The van der Waals surface area contributed by atoms with E-state index in [-0.39, 0.29) is 54.2 Å². The summed E-state index contributed by atoms with van der Waals surface area (Å²) < 4.78 is 28.5. The van der Waals surface area contributed by atoms with Gasteiger partial charge in [-0.05, 0) is 89.2 Å². The van der Waals surface area contributed by atoms with Crippen LogP contribution in [-0.2, 0) is 20.9 Å². The molecule has 1 aromatic heterocycles. The summed E-state index contributed by atoms with van der Waals surface area (Å²) in [5, 5.41) is 11.3. The van der Waals surface area contributed by atoms with Gasteiger partial charge in [0.2, 0.25) is 11.8 Å². The average molecular weight is 825 g/mol. The molecule has 3 amide bonds. The molecule has 1 saturated carbocycles. The Balaban J connectivity index is 0.765. The number of hydrogen-bond acceptors (Lipinski definition) is 13. The molecule has 5 aliphatic rings. The summed E-state index contributed by atoms with van der Waals surface area (Å²) in [5.74, 6) is 0.294. The Bertz CT molecular complexity index is 2120. The molecule has 3 atom stereocenters. The number of ether oxygens (including phenoxy) is 2. The van der Waals surface area contributed by atoms with Crippen molar-refractivity contribution in [2.24, 2.45) is 5.92 Å². The van der Waals surface area contributed by atoms with Crippen molar-refractivity contribution >= 4 is 40.6 Å². The lowest BCUT2D eigenvalue weighted by Gasteiger charge is -2.39. The first-order chi connectivity index (χ1) is 28.9. The zero-order valence-corrected chi connectivity index (χ0v) is 34.9. The van der Waals surface area contributed by atoms with E-state index in [2.05, 4.69) is 50.9 Å². The molecule has 3 aromatic rings. The molecule has 8 rings (SSSR count). The van der Waals surface area contributed by atoms with E-state index in [0.717, 1.165) is 77.3 Å². The van der Waals surface area contributed by atoms with Crippen LogP contribution in [0, 0.1) is 17.1 Å². The number of nitrogens with zero attached hydrogens (tertiary/aromatic N) is 7. The second-order valence-corrected chi connectivity index (χ2v) is 17.3. The first-order valence-electron chi connectivity index (χ1n) is 21.4. The summed E-state index contributed by atoms with van der Waals surface area (Å²) in [7, 11) is 2.15.